The summed E-state index contributed by atoms with van der Waals surface area (Å²) in [6.45, 7) is 5.84. The molecular weight excluding hydrogens is 457 g/mol. The van der Waals surface area contributed by atoms with E-state index in [0.717, 1.165) is 29.7 Å². The third-order valence-corrected chi connectivity index (χ3v) is 6.55. The number of rotatable bonds is 6. The summed E-state index contributed by atoms with van der Waals surface area (Å²) in [6, 6.07) is 21.9. The van der Waals surface area contributed by atoms with Gasteiger partial charge in [-0.1, -0.05) is 30.3 Å². The highest BCUT2D eigenvalue weighted by Gasteiger charge is 2.35. The number of benzene rings is 3. The Morgan fingerprint density at radius 1 is 1.03 bits per heavy atom. The molecule has 182 valence electrons. The van der Waals surface area contributed by atoms with Crippen LogP contribution in [0, 0.1) is 5.82 Å². The predicted molar refractivity (Wildman–Crippen MR) is 139 cm³/mol. The highest BCUT2D eigenvalue weighted by atomic mass is 19.1. The third kappa shape index (κ3) is 4.40. The van der Waals surface area contributed by atoms with Gasteiger partial charge in [0.2, 0.25) is 0 Å². The maximum Gasteiger partial charge on any atom is 0.345 e. The second-order valence-electron chi connectivity index (χ2n) is 8.68. The standard InChI is InChI=1S/C29H26FN3O3/c1-3-32(4-2)23-15-12-21-16-24(29(35)36-27(21)17-23)25-18-26(19-10-13-22(30)14-11-19)33(31-25)28(34)20-8-6-5-7-9-20/h5-17,26H,3-4,18H2,1-2H3. The van der Waals surface area contributed by atoms with Crippen molar-refractivity contribution in [1.82, 2.24) is 5.01 Å². The Balaban J connectivity index is 1.56. The first-order valence-corrected chi connectivity index (χ1v) is 12.0. The number of halogens is 1. The number of fused-ring (bicyclic) bond motifs is 1. The Morgan fingerprint density at radius 3 is 2.44 bits per heavy atom. The first-order valence-electron chi connectivity index (χ1n) is 12.0. The molecule has 1 atom stereocenters. The number of hydrazone groups is 1. The quantitative estimate of drug-likeness (QED) is 0.327. The van der Waals surface area contributed by atoms with Gasteiger partial charge in [0.15, 0.2) is 0 Å². The zero-order chi connectivity index (χ0) is 25.2. The fourth-order valence-electron chi connectivity index (χ4n) is 4.60. The van der Waals surface area contributed by atoms with Crippen LogP contribution in [-0.4, -0.2) is 29.7 Å². The van der Waals surface area contributed by atoms with Gasteiger partial charge < -0.3 is 9.32 Å². The van der Waals surface area contributed by atoms with Crippen LogP contribution in [0.4, 0.5) is 10.1 Å². The molecule has 1 aliphatic rings. The topological polar surface area (TPSA) is 66.1 Å². The van der Waals surface area contributed by atoms with Crippen molar-refractivity contribution in [3.05, 3.63) is 112 Å². The number of hydrogen-bond donors (Lipinski definition) is 0. The van der Waals surface area contributed by atoms with Crippen LogP contribution in [0.2, 0.25) is 0 Å². The van der Waals surface area contributed by atoms with Crippen molar-refractivity contribution in [1.29, 1.82) is 0 Å². The zero-order valence-corrected chi connectivity index (χ0v) is 20.1. The van der Waals surface area contributed by atoms with Crippen molar-refractivity contribution < 1.29 is 13.6 Å². The summed E-state index contributed by atoms with van der Waals surface area (Å²) in [4.78, 5) is 28.6. The van der Waals surface area contributed by atoms with Crippen LogP contribution < -0.4 is 10.5 Å². The molecule has 0 saturated heterocycles. The molecule has 1 unspecified atom stereocenters. The number of hydrogen-bond acceptors (Lipinski definition) is 5. The molecule has 7 heteroatoms. The second-order valence-corrected chi connectivity index (χ2v) is 8.68. The molecule has 1 aromatic heterocycles. The summed E-state index contributed by atoms with van der Waals surface area (Å²) in [6.07, 6.45) is 0.304. The molecule has 0 radical (unpaired) electrons. The van der Waals surface area contributed by atoms with Crippen molar-refractivity contribution in [3.8, 4) is 0 Å². The lowest BCUT2D eigenvalue weighted by molar-refractivity contribution is 0.0711. The Hall–Kier alpha value is -4.26. The Morgan fingerprint density at radius 2 is 1.75 bits per heavy atom. The molecule has 36 heavy (non-hydrogen) atoms. The highest BCUT2D eigenvalue weighted by molar-refractivity contribution is 6.06. The average Bonchev–Trinajstić information content (AvgIpc) is 3.34. The van der Waals surface area contributed by atoms with Gasteiger partial charge in [-0.25, -0.2) is 14.2 Å². The summed E-state index contributed by atoms with van der Waals surface area (Å²) in [7, 11) is 0. The summed E-state index contributed by atoms with van der Waals surface area (Å²) < 4.78 is 19.3. The first kappa shape index (κ1) is 23.5. The maximum absolute atomic E-state index is 13.6. The first-order chi connectivity index (χ1) is 17.5. The van der Waals surface area contributed by atoms with E-state index >= 15 is 0 Å². The zero-order valence-electron chi connectivity index (χ0n) is 20.1. The molecule has 6 nitrogen and oxygen atoms in total. The van der Waals surface area contributed by atoms with Crippen molar-refractivity contribution >= 4 is 28.3 Å². The molecule has 0 aliphatic carbocycles. The van der Waals surface area contributed by atoms with Crippen LogP contribution in [-0.2, 0) is 0 Å². The van der Waals surface area contributed by atoms with Crippen molar-refractivity contribution in [2.24, 2.45) is 5.10 Å². The predicted octanol–water partition coefficient (Wildman–Crippen LogP) is 5.77. The minimum atomic E-state index is -0.509. The van der Waals surface area contributed by atoms with Gasteiger partial charge in [-0.15, -0.1) is 0 Å². The van der Waals surface area contributed by atoms with E-state index in [-0.39, 0.29) is 11.7 Å². The normalized spacial score (nSPS) is 15.2. The van der Waals surface area contributed by atoms with Gasteiger partial charge in [0.25, 0.3) is 5.91 Å². The molecule has 3 aromatic carbocycles. The Kier molecular flexibility index (Phi) is 6.38. The third-order valence-electron chi connectivity index (χ3n) is 6.55. The second kappa shape index (κ2) is 9.77. The molecule has 0 spiro atoms. The molecule has 1 amide bonds. The monoisotopic (exact) mass is 483 g/mol. The van der Waals surface area contributed by atoms with E-state index in [1.165, 1.54) is 17.1 Å². The molecule has 0 N–H and O–H groups in total. The van der Waals surface area contributed by atoms with E-state index in [4.69, 9.17) is 4.42 Å². The van der Waals surface area contributed by atoms with Crippen molar-refractivity contribution in [2.45, 2.75) is 26.3 Å². The summed E-state index contributed by atoms with van der Waals surface area (Å²) in [5, 5.41) is 6.75. The smallest absolute Gasteiger partial charge is 0.345 e. The number of nitrogens with zero attached hydrogens (tertiary/aromatic N) is 3. The molecule has 4 aromatic rings. The van der Waals surface area contributed by atoms with Crippen LogP contribution >= 0.6 is 0 Å². The van der Waals surface area contributed by atoms with E-state index in [1.54, 1.807) is 42.5 Å². The molecule has 1 aliphatic heterocycles. The number of amides is 1. The largest absolute Gasteiger partial charge is 0.422 e. The lowest BCUT2D eigenvalue weighted by atomic mass is 9.98. The molecule has 0 saturated carbocycles. The number of carbonyl (C=O) groups excluding carboxylic acids is 1. The lowest BCUT2D eigenvalue weighted by Crippen LogP contribution is -2.27. The molecule has 0 bridgehead atoms. The molecule has 5 rings (SSSR count). The van der Waals surface area contributed by atoms with E-state index in [1.807, 2.05) is 24.3 Å². The number of carbonyl (C=O) groups is 1. The fourth-order valence-corrected chi connectivity index (χ4v) is 4.60. The van der Waals surface area contributed by atoms with Gasteiger partial charge in [-0.2, -0.15) is 5.10 Å². The van der Waals surface area contributed by atoms with Gasteiger partial charge in [0, 0.05) is 42.2 Å². The molecule has 0 fully saturated rings. The van der Waals surface area contributed by atoms with E-state index < -0.39 is 11.7 Å². The minimum absolute atomic E-state index is 0.297. The van der Waals surface area contributed by atoms with Gasteiger partial charge in [-0.05, 0) is 61.9 Å². The van der Waals surface area contributed by atoms with Crippen molar-refractivity contribution in [2.75, 3.05) is 18.0 Å². The van der Waals surface area contributed by atoms with Crippen LogP contribution in [0.3, 0.4) is 0 Å². The average molecular weight is 484 g/mol. The van der Waals surface area contributed by atoms with Gasteiger partial charge >= 0.3 is 5.63 Å². The van der Waals surface area contributed by atoms with Crippen LogP contribution in [0.25, 0.3) is 11.0 Å². The highest BCUT2D eigenvalue weighted by Crippen LogP contribution is 2.34. The Labute approximate surface area is 208 Å². The van der Waals surface area contributed by atoms with E-state index in [0.29, 0.717) is 28.8 Å². The van der Waals surface area contributed by atoms with Gasteiger partial charge in [0.05, 0.1) is 17.3 Å². The van der Waals surface area contributed by atoms with Crippen LogP contribution in [0.1, 0.15) is 47.8 Å². The van der Waals surface area contributed by atoms with E-state index in [2.05, 4.69) is 23.8 Å². The Bertz CT molecular complexity index is 1490. The number of anilines is 1. The maximum atomic E-state index is 13.6. The van der Waals surface area contributed by atoms with Gasteiger partial charge in [-0.3, -0.25) is 4.79 Å². The fraction of sp³-hybridized carbons (Fsp3) is 0.207. The van der Waals surface area contributed by atoms with Crippen LogP contribution in [0.15, 0.2) is 93.2 Å². The van der Waals surface area contributed by atoms with Gasteiger partial charge in [0.1, 0.15) is 11.4 Å². The SMILES string of the molecule is CCN(CC)c1ccc2cc(C3=NN(C(=O)c4ccccc4)C(c4ccc(F)cc4)C3)c(=O)oc2c1. The minimum Gasteiger partial charge on any atom is -0.422 e. The summed E-state index contributed by atoms with van der Waals surface area (Å²) in [5.74, 6) is -0.660. The van der Waals surface area contributed by atoms with Crippen molar-refractivity contribution in [3.63, 3.8) is 0 Å². The molecular formula is C29H26FN3O3. The lowest BCUT2D eigenvalue weighted by Gasteiger charge is -2.22. The van der Waals surface area contributed by atoms with Crippen LogP contribution in [0.5, 0.6) is 0 Å². The summed E-state index contributed by atoms with van der Waals surface area (Å²) >= 11 is 0. The summed E-state index contributed by atoms with van der Waals surface area (Å²) in [5.41, 5.74) is 2.95. The molecule has 2 heterocycles. The van der Waals surface area contributed by atoms with E-state index in [9.17, 15) is 14.0 Å².